The summed E-state index contributed by atoms with van der Waals surface area (Å²) in [4.78, 5) is 12.2. The Morgan fingerprint density at radius 1 is 1.15 bits per heavy atom. The van der Waals surface area contributed by atoms with E-state index in [1.807, 2.05) is 24.3 Å². The molecule has 0 atom stereocenters. The van der Waals surface area contributed by atoms with E-state index >= 15 is 0 Å². The molecule has 0 radical (unpaired) electrons. The summed E-state index contributed by atoms with van der Waals surface area (Å²) in [7, 11) is 0. The molecule has 3 rings (SSSR count). The van der Waals surface area contributed by atoms with Gasteiger partial charge in [0, 0.05) is 14.0 Å². The molecule has 0 saturated heterocycles. The van der Waals surface area contributed by atoms with E-state index < -0.39 is 0 Å². The second kappa shape index (κ2) is 5.46. The molecule has 100 valence electrons. The van der Waals surface area contributed by atoms with Gasteiger partial charge in [-0.2, -0.15) is 0 Å². The molecule has 0 saturated carbocycles. The van der Waals surface area contributed by atoms with Crippen LogP contribution >= 0.6 is 34.2 Å². The maximum atomic E-state index is 12.2. The predicted molar refractivity (Wildman–Crippen MR) is 88.3 cm³/mol. The summed E-state index contributed by atoms with van der Waals surface area (Å²) in [5.41, 5.74) is 1.41. The van der Waals surface area contributed by atoms with Crippen molar-refractivity contribution >= 4 is 56.8 Å². The Morgan fingerprint density at radius 2 is 1.95 bits per heavy atom. The average Bonchev–Trinajstić information content (AvgIpc) is 2.86. The van der Waals surface area contributed by atoms with Crippen molar-refractivity contribution in [2.75, 3.05) is 5.32 Å². The Balaban J connectivity index is 1.89. The fraction of sp³-hybridized carbons (Fsp3) is 0. The van der Waals surface area contributed by atoms with Crippen molar-refractivity contribution in [3.8, 4) is 0 Å². The first-order valence-electron chi connectivity index (χ1n) is 5.88. The van der Waals surface area contributed by atoms with Gasteiger partial charge in [0.1, 0.15) is 5.58 Å². The smallest absolute Gasteiger partial charge is 0.291 e. The largest absolute Gasteiger partial charge is 0.451 e. The van der Waals surface area contributed by atoms with Gasteiger partial charge in [-0.1, -0.05) is 29.8 Å². The van der Waals surface area contributed by atoms with Gasteiger partial charge >= 0.3 is 0 Å². The highest BCUT2D eigenvalue weighted by Gasteiger charge is 2.13. The lowest BCUT2D eigenvalue weighted by molar-refractivity contribution is 0.0998. The van der Waals surface area contributed by atoms with Crippen LogP contribution in [0.2, 0.25) is 5.02 Å². The van der Waals surface area contributed by atoms with Crippen LogP contribution in [0.5, 0.6) is 0 Å². The van der Waals surface area contributed by atoms with E-state index in [9.17, 15) is 4.79 Å². The minimum absolute atomic E-state index is 0.276. The lowest BCUT2D eigenvalue weighted by atomic mass is 10.2. The van der Waals surface area contributed by atoms with Crippen molar-refractivity contribution < 1.29 is 9.21 Å². The molecule has 0 fully saturated rings. The van der Waals surface area contributed by atoms with E-state index in [4.69, 9.17) is 16.0 Å². The molecule has 0 bridgehead atoms. The lowest BCUT2D eigenvalue weighted by Gasteiger charge is -2.05. The molecular weight excluding hydrogens is 389 g/mol. The first-order chi connectivity index (χ1) is 9.63. The van der Waals surface area contributed by atoms with E-state index in [2.05, 4.69) is 27.9 Å². The maximum absolute atomic E-state index is 12.2. The summed E-state index contributed by atoms with van der Waals surface area (Å²) in [6.45, 7) is 0. The van der Waals surface area contributed by atoms with Crippen LogP contribution in [0.25, 0.3) is 11.0 Å². The maximum Gasteiger partial charge on any atom is 0.291 e. The van der Waals surface area contributed by atoms with Crippen molar-refractivity contribution in [3.05, 3.63) is 62.9 Å². The fourth-order valence-corrected chi connectivity index (χ4v) is 2.87. The third-order valence-electron chi connectivity index (χ3n) is 2.83. The van der Waals surface area contributed by atoms with Gasteiger partial charge in [-0.05, 0) is 52.9 Å². The minimum Gasteiger partial charge on any atom is -0.451 e. The van der Waals surface area contributed by atoms with Crippen LogP contribution in [0, 0.1) is 3.57 Å². The average molecular weight is 398 g/mol. The van der Waals surface area contributed by atoms with Crippen molar-refractivity contribution in [1.29, 1.82) is 0 Å². The van der Waals surface area contributed by atoms with Crippen LogP contribution in [0.1, 0.15) is 10.6 Å². The molecule has 0 aliphatic carbocycles. The predicted octanol–water partition coefficient (Wildman–Crippen LogP) is 4.94. The molecule has 0 unspecified atom stereocenters. The van der Waals surface area contributed by atoms with Gasteiger partial charge in [0.05, 0.1) is 5.69 Å². The molecule has 1 amide bonds. The zero-order valence-electron chi connectivity index (χ0n) is 10.2. The molecule has 1 N–H and O–H groups in total. The van der Waals surface area contributed by atoms with Crippen molar-refractivity contribution in [2.45, 2.75) is 0 Å². The normalized spacial score (nSPS) is 10.7. The van der Waals surface area contributed by atoms with E-state index in [1.165, 1.54) is 0 Å². The molecule has 3 nitrogen and oxygen atoms in total. The van der Waals surface area contributed by atoms with E-state index in [-0.39, 0.29) is 11.7 Å². The number of fused-ring (bicyclic) bond motifs is 1. The summed E-state index contributed by atoms with van der Waals surface area (Å²) in [6, 6.07) is 14.5. The second-order valence-electron chi connectivity index (χ2n) is 4.23. The number of benzene rings is 2. The van der Waals surface area contributed by atoms with Crippen LogP contribution in [0.4, 0.5) is 5.69 Å². The molecule has 5 heteroatoms. The number of nitrogens with one attached hydrogen (secondary N) is 1. The summed E-state index contributed by atoms with van der Waals surface area (Å²) >= 11 is 8.01. The quantitative estimate of drug-likeness (QED) is 0.622. The number of halogens is 2. The van der Waals surface area contributed by atoms with Crippen molar-refractivity contribution in [1.82, 2.24) is 0 Å². The van der Waals surface area contributed by atoms with E-state index in [0.717, 1.165) is 8.96 Å². The molecule has 1 aromatic heterocycles. The van der Waals surface area contributed by atoms with Crippen LogP contribution in [-0.2, 0) is 0 Å². The molecular formula is C15H9ClINO2. The SMILES string of the molecule is O=C(Nc1ccc(Cl)cc1I)c1cc2ccccc2o1. The highest BCUT2D eigenvalue weighted by atomic mass is 127. The number of furan rings is 1. The number of carbonyl (C=O) groups is 1. The van der Waals surface area contributed by atoms with Gasteiger partial charge in [-0.3, -0.25) is 4.79 Å². The first-order valence-corrected chi connectivity index (χ1v) is 7.34. The molecule has 20 heavy (non-hydrogen) atoms. The molecule has 2 aromatic carbocycles. The molecule has 0 spiro atoms. The van der Waals surface area contributed by atoms with Crippen molar-refractivity contribution in [3.63, 3.8) is 0 Å². The standard InChI is InChI=1S/C15H9ClINO2/c16-10-5-6-12(11(17)8-10)18-15(19)14-7-9-3-1-2-4-13(9)20-14/h1-8H,(H,18,19). The summed E-state index contributed by atoms with van der Waals surface area (Å²) in [5, 5.41) is 4.36. The van der Waals surface area contributed by atoms with Gasteiger partial charge in [0.25, 0.3) is 5.91 Å². The molecule has 3 aromatic rings. The number of carbonyl (C=O) groups excluding carboxylic acids is 1. The Labute approximate surface area is 134 Å². The summed E-state index contributed by atoms with van der Waals surface area (Å²) in [5.74, 6) is 0.0124. The van der Waals surface area contributed by atoms with Crippen LogP contribution < -0.4 is 5.32 Å². The Bertz CT molecular complexity index is 764. The molecule has 0 aliphatic heterocycles. The van der Waals surface area contributed by atoms with Crippen LogP contribution in [0.3, 0.4) is 0 Å². The van der Waals surface area contributed by atoms with E-state index in [1.54, 1.807) is 24.3 Å². The van der Waals surface area contributed by atoms with Crippen molar-refractivity contribution in [2.24, 2.45) is 0 Å². The number of para-hydroxylation sites is 1. The Kier molecular flexibility index (Phi) is 3.67. The second-order valence-corrected chi connectivity index (χ2v) is 5.83. The van der Waals surface area contributed by atoms with Gasteiger partial charge < -0.3 is 9.73 Å². The summed E-state index contributed by atoms with van der Waals surface area (Å²) in [6.07, 6.45) is 0. The highest BCUT2D eigenvalue weighted by molar-refractivity contribution is 14.1. The zero-order valence-corrected chi connectivity index (χ0v) is 13.1. The highest BCUT2D eigenvalue weighted by Crippen LogP contribution is 2.24. The van der Waals surface area contributed by atoms with Crippen LogP contribution in [0.15, 0.2) is 52.9 Å². The first kappa shape index (κ1) is 13.5. The third-order valence-corrected chi connectivity index (χ3v) is 3.96. The third kappa shape index (κ3) is 2.66. The van der Waals surface area contributed by atoms with Gasteiger partial charge in [0.15, 0.2) is 5.76 Å². The Hall–Kier alpha value is -1.53. The number of rotatable bonds is 2. The lowest BCUT2D eigenvalue weighted by Crippen LogP contribution is -2.11. The number of anilines is 1. The Morgan fingerprint density at radius 3 is 2.70 bits per heavy atom. The number of hydrogen-bond donors (Lipinski definition) is 1. The fourth-order valence-electron chi connectivity index (χ4n) is 1.87. The van der Waals surface area contributed by atoms with Gasteiger partial charge in [-0.25, -0.2) is 0 Å². The monoisotopic (exact) mass is 397 g/mol. The van der Waals surface area contributed by atoms with Crippen LogP contribution in [-0.4, -0.2) is 5.91 Å². The topological polar surface area (TPSA) is 42.2 Å². The summed E-state index contributed by atoms with van der Waals surface area (Å²) < 4.78 is 6.40. The zero-order chi connectivity index (χ0) is 14.1. The number of hydrogen-bond acceptors (Lipinski definition) is 2. The van der Waals surface area contributed by atoms with E-state index in [0.29, 0.717) is 16.3 Å². The molecule has 1 heterocycles. The van der Waals surface area contributed by atoms with Gasteiger partial charge in [-0.15, -0.1) is 0 Å². The molecule has 0 aliphatic rings. The number of amides is 1. The minimum atomic E-state index is -0.276. The van der Waals surface area contributed by atoms with Gasteiger partial charge in [0.2, 0.25) is 0 Å².